The molecule has 3 heteroatoms. The molecule has 3 nitrogen and oxygen atoms in total. The van der Waals surface area contributed by atoms with Gasteiger partial charge < -0.3 is 4.74 Å². The van der Waals surface area contributed by atoms with Crippen LogP contribution >= 0.6 is 0 Å². The van der Waals surface area contributed by atoms with Gasteiger partial charge in [-0.15, -0.1) is 0 Å². The molecule has 0 N–H and O–H groups in total. The molecule has 0 unspecified atom stereocenters. The fraction of sp³-hybridized carbons (Fsp3) is 0.800. The second kappa shape index (κ2) is 5.02. The Balaban J connectivity index is 1.66. The summed E-state index contributed by atoms with van der Waals surface area (Å²) in [7, 11) is 1.84. The maximum Gasteiger partial charge on any atom is 0.222 e. The Hall–Kier alpha value is -0.960. The summed E-state index contributed by atoms with van der Waals surface area (Å²) < 4.78 is 5.63. The summed E-state index contributed by atoms with van der Waals surface area (Å²) in [5, 5.41) is 0. The van der Waals surface area contributed by atoms with E-state index in [0.717, 1.165) is 31.6 Å². The minimum Gasteiger partial charge on any atom is -0.381 e. The van der Waals surface area contributed by atoms with Crippen molar-refractivity contribution in [3.63, 3.8) is 0 Å². The first-order valence-corrected chi connectivity index (χ1v) is 9.24. The number of Topliss-reactive ketones (excluding diaryl/α,β-unsaturated/α-hetero) is 1. The number of methoxy groups -OCH3 is 1. The monoisotopic (exact) mass is 316 g/mol. The lowest BCUT2D eigenvalue weighted by Gasteiger charge is -2.58. The number of carbonyl (C=O) groups is 2. The minimum atomic E-state index is -0.481. The molecular weight excluding hydrogens is 288 g/mol. The largest absolute Gasteiger partial charge is 0.381 e. The predicted molar refractivity (Wildman–Crippen MR) is 87.9 cm³/mol. The molecule has 126 valence electrons. The lowest BCUT2D eigenvalue weighted by molar-refractivity contribution is -0.139. The van der Waals surface area contributed by atoms with E-state index in [1.54, 1.807) is 6.08 Å². The van der Waals surface area contributed by atoms with E-state index in [-0.39, 0.29) is 11.6 Å². The van der Waals surface area contributed by atoms with Crippen LogP contribution in [0.2, 0.25) is 0 Å². The van der Waals surface area contributed by atoms with Crippen LogP contribution in [0.3, 0.4) is 0 Å². The summed E-state index contributed by atoms with van der Waals surface area (Å²) in [6, 6.07) is 0. The fourth-order valence-corrected chi connectivity index (χ4v) is 6.46. The summed E-state index contributed by atoms with van der Waals surface area (Å²) in [5.74, 6) is 1.42. The van der Waals surface area contributed by atoms with Crippen LogP contribution < -0.4 is 0 Å². The van der Waals surface area contributed by atoms with Gasteiger partial charge in [0.05, 0.1) is 11.5 Å². The molecule has 0 amide bonds. The van der Waals surface area contributed by atoms with Gasteiger partial charge in [-0.1, -0.05) is 6.92 Å². The molecule has 4 aliphatic carbocycles. The molecule has 4 aliphatic rings. The Kier molecular flexibility index (Phi) is 3.39. The highest BCUT2D eigenvalue weighted by Crippen LogP contribution is 2.64. The van der Waals surface area contributed by atoms with Crippen molar-refractivity contribution in [2.45, 2.75) is 64.9 Å². The predicted octanol–water partition coefficient (Wildman–Crippen LogP) is 3.71. The molecule has 3 saturated carbocycles. The van der Waals surface area contributed by atoms with E-state index in [4.69, 9.17) is 4.74 Å². The molecule has 0 aromatic carbocycles. The molecule has 0 saturated heterocycles. The van der Waals surface area contributed by atoms with E-state index in [1.165, 1.54) is 24.8 Å². The van der Waals surface area contributed by atoms with Gasteiger partial charge in [0.25, 0.3) is 0 Å². The Morgan fingerprint density at radius 1 is 1.09 bits per heavy atom. The Labute approximate surface area is 138 Å². The van der Waals surface area contributed by atoms with Gasteiger partial charge in [-0.25, -0.2) is 0 Å². The van der Waals surface area contributed by atoms with Gasteiger partial charge in [0.15, 0.2) is 0 Å². The average molecular weight is 316 g/mol. The molecule has 23 heavy (non-hydrogen) atoms. The Morgan fingerprint density at radius 3 is 2.61 bits per heavy atom. The van der Waals surface area contributed by atoms with Crippen LogP contribution in [0.15, 0.2) is 11.6 Å². The summed E-state index contributed by atoms with van der Waals surface area (Å²) in [4.78, 5) is 24.4. The molecule has 0 aromatic heterocycles. The molecule has 0 bridgehead atoms. The van der Waals surface area contributed by atoms with Crippen molar-refractivity contribution in [1.82, 2.24) is 0 Å². The van der Waals surface area contributed by atoms with Crippen LogP contribution in [0.1, 0.15) is 58.8 Å². The second-order valence-corrected chi connectivity index (χ2v) is 8.79. The zero-order chi connectivity index (χ0) is 16.4. The molecular formula is C20H28O3. The van der Waals surface area contributed by atoms with E-state index < -0.39 is 5.41 Å². The zero-order valence-electron chi connectivity index (χ0n) is 14.6. The molecule has 0 radical (unpaired) electrons. The Bertz CT molecular complexity index is 592. The van der Waals surface area contributed by atoms with E-state index in [2.05, 4.69) is 6.92 Å². The van der Waals surface area contributed by atoms with Gasteiger partial charge in [-0.05, 0) is 86.7 Å². The number of ether oxygens (including phenoxy) is 1. The lowest BCUT2D eigenvalue weighted by Crippen LogP contribution is -2.52. The fourth-order valence-electron chi connectivity index (χ4n) is 6.46. The topological polar surface area (TPSA) is 43.4 Å². The number of ketones is 2. The summed E-state index contributed by atoms with van der Waals surface area (Å²) >= 11 is 0. The van der Waals surface area contributed by atoms with E-state index in [9.17, 15) is 9.59 Å². The average Bonchev–Trinajstić information content (AvgIpc) is 2.78. The first-order chi connectivity index (χ1) is 10.9. The molecule has 0 heterocycles. The van der Waals surface area contributed by atoms with Crippen molar-refractivity contribution in [1.29, 1.82) is 0 Å². The van der Waals surface area contributed by atoms with E-state index in [1.807, 2.05) is 14.0 Å². The smallest absolute Gasteiger partial charge is 0.222 e. The Morgan fingerprint density at radius 2 is 1.87 bits per heavy atom. The van der Waals surface area contributed by atoms with Gasteiger partial charge in [0.1, 0.15) is 0 Å². The van der Waals surface area contributed by atoms with Gasteiger partial charge in [0, 0.05) is 7.11 Å². The SMILES string of the molecule is CO[C@H]1CC[C@@]2(C)[C@@H](CC[C@H]3C4=CC(=O)C(=O)[C@@]4(C)CC[C@@H]32)C1. The van der Waals surface area contributed by atoms with Crippen LogP contribution in [0.5, 0.6) is 0 Å². The van der Waals surface area contributed by atoms with Gasteiger partial charge in [-0.2, -0.15) is 0 Å². The quantitative estimate of drug-likeness (QED) is 0.693. The number of allylic oxidation sites excluding steroid dienone is 2. The first kappa shape index (κ1) is 15.6. The zero-order valence-corrected chi connectivity index (χ0v) is 14.6. The molecule has 0 aromatic rings. The minimum absolute atomic E-state index is 0.152. The number of carbonyl (C=O) groups excluding carboxylic acids is 2. The van der Waals surface area contributed by atoms with E-state index >= 15 is 0 Å². The third-order valence-corrected chi connectivity index (χ3v) is 7.98. The third-order valence-electron chi connectivity index (χ3n) is 7.98. The van der Waals surface area contributed by atoms with Gasteiger partial charge in [-0.3, -0.25) is 9.59 Å². The number of rotatable bonds is 1. The number of fused-ring (bicyclic) bond motifs is 5. The van der Waals surface area contributed by atoms with Crippen LogP contribution in [0, 0.1) is 28.6 Å². The van der Waals surface area contributed by atoms with Crippen LogP contribution in [0.4, 0.5) is 0 Å². The molecule has 0 spiro atoms. The number of hydrogen-bond donors (Lipinski definition) is 0. The maximum absolute atomic E-state index is 12.4. The number of hydrogen-bond acceptors (Lipinski definition) is 3. The van der Waals surface area contributed by atoms with Crippen LogP contribution in [0.25, 0.3) is 0 Å². The third kappa shape index (κ3) is 1.98. The van der Waals surface area contributed by atoms with E-state index in [0.29, 0.717) is 23.4 Å². The van der Waals surface area contributed by atoms with Crippen molar-refractivity contribution >= 4 is 11.6 Å². The summed E-state index contributed by atoms with van der Waals surface area (Å²) in [5.41, 5.74) is 1.05. The molecule has 6 atom stereocenters. The van der Waals surface area contributed by atoms with Crippen LogP contribution in [-0.2, 0) is 14.3 Å². The van der Waals surface area contributed by atoms with Crippen molar-refractivity contribution in [3.8, 4) is 0 Å². The van der Waals surface area contributed by atoms with Crippen molar-refractivity contribution in [3.05, 3.63) is 11.6 Å². The summed E-state index contributed by atoms with van der Waals surface area (Å²) in [6.07, 6.45) is 10.0. The van der Waals surface area contributed by atoms with Crippen molar-refractivity contribution in [2.24, 2.45) is 28.6 Å². The first-order valence-electron chi connectivity index (χ1n) is 9.24. The highest BCUT2D eigenvalue weighted by molar-refractivity contribution is 6.46. The van der Waals surface area contributed by atoms with Crippen molar-refractivity contribution in [2.75, 3.05) is 7.11 Å². The molecule has 4 rings (SSSR count). The van der Waals surface area contributed by atoms with Gasteiger partial charge >= 0.3 is 0 Å². The standard InChI is InChI=1S/C20H28O3/c1-19-8-6-13(23-3)10-12(19)4-5-14-15(19)7-9-20(2)16(14)11-17(21)18(20)22/h11-15H,4-10H2,1-3H3/t12-,13-,14+,15-,19-,20-/m0/s1. The maximum atomic E-state index is 12.4. The second-order valence-electron chi connectivity index (χ2n) is 8.79. The molecule has 3 fully saturated rings. The summed E-state index contributed by atoms with van der Waals surface area (Å²) in [6.45, 7) is 4.49. The normalized spacial score (nSPS) is 49.3. The van der Waals surface area contributed by atoms with Gasteiger partial charge in [0.2, 0.25) is 11.6 Å². The molecule has 0 aliphatic heterocycles. The van der Waals surface area contributed by atoms with Crippen molar-refractivity contribution < 1.29 is 14.3 Å². The lowest BCUT2D eigenvalue weighted by atomic mass is 9.46. The van der Waals surface area contributed by atoms with Crippen LogP contribution in [-0.4, -0.2) is 24.8 Å². The highest BCUT2D eigenvalue weighted by atomic mass is 16.5. The highest BCUT2D eigenvalue weighted by Gasteiger charge is 2.59.